The van der Waals surface area contributed by atoms with Crippen molar-refractivity contribution in [3.8, 4) is 6.07 Å². The van der Waals surface area contributed by atoms with Gasteiger partial charge in [0.05, 0.1) is 6.07 Å². The summed E-state index contributed by atoms with van der Waals surface area (Å²) in [5, 5.41) is 10.1. The molecule has 1 amide bonds. The first-order valence-corrected chi connectivity index (χ1v) is 3.86. The van der Waals surface area contributed by atoms with E-state index >= 15 is 0 Å². The number of nitrogens with zero attached hydrogens (tertiary/aromatic N) is 1. The van der Waals surface area contributed by atoms with Crippen LogP contribution in [0, 0.1) is 28.8 Å². The molecule has 0 aliphatic rings. The fraction of sp³-hybridized carbons (Fsp3) is 0.111. The lowest BCUT2D eigenvalue weighted by Gasteiger charge is -2.03. The maximum Gasteiger partial charge on any atom is 0.258 e. The average molecular weight is 214 g/mol. The molecule has 0 saturated heterocycles. The van der Waals surface area contributed by atoms with E-state index in [-0.39, 0.29) is 6.54 Å². The number of hydrogen-bond acceptors (Lipinski definition) is 2. The van der Waals surface area contributed by atoms with Gasteiger partial charge in [0.1, 0.15) is 29.6 Å². The number of halogens is 3. The van der Waals surface area contributed by atoms with E-state index in [0.717, 1.165) is 0 Å². The van der Waals surface area contributed by atoms with Gasteiger partial charge in [0.25, 0.3) is 5.91 Å². The van der Waals surface area contributed by atoms with E-state index in [2.05, 4.69) is 0 Å². The summed E-state index contributed by atoms with van der Waals surface area (Å²) in [6.07, 6.45) is 0. The standard InChI is InChI=1S/C9H5F3N2O/c10-5-3-6(11)8(7(12)4-5)9(15)14-2-1-13/h3-4H,2H2,(H,14,15). The Bertz CT molecular complexity index is 416. The Hall–Kier alpha value is -2.03. The molecule has 78 valence electrons. The zero-order chi connectivity index (χ0) is 11.4. The molecule has 6 heteroatoms. The lowest BCUT2D eigenvalue weighted by atomic mass is 10.2. The van der Waals surface area contributed by atoms with E-state index in [1.165, 1.54) is 0 Å². The molecule has 1 aromatic rings. The molecule has 0 fully saturated rings. The smallest absolute Gasteiger partial charge is 0.258 e. The summed E-state index contributed by atoms with van der Waals surface area (Å²) < 4.78 is 38.4. The van der Waals surface area contributed by atoms with Gasteiger partial charge in [0.2, 0.25) is 0 Å². The summed E-state index contributed by atoms with van der Waals surface area (Å²) in [6, 6.07) is 2.35. The molecule has 0 bridgehead atoms. The van der Waals surface area contributed by atoms with Gasteiger partial charge in [0.15, 0.2) is 0 Å². The lowest BCUT2D eigenvalue weighted by Crippen LogP contribution is -2.25. The Balaban J connectivity index is 3.04. The third-order valence-corrected chi connectivity index (χ3v) is 1.56. The van der Waals surface area contributed by atoms with Gasteiger partial charge in [-0.05, 0) is 0 Å². The highest BCUT2D eigenvalue weighted by Crippen LogP contribution is 2.14. The Labute approximate surface area is 83.1 Å². The minimum absolute atomic E-state index is 0.380. The zero-order valence-corrected chi connectivity index (χ0v) is 7.35. The number of carbonyl (C=O) groups is 1. The number of carbonyl (C=O) groups excluding carboxylic acids is 1. The Morgan fingerprint density at radius 1 is 1.33 bits per heavy atom. The minimum atomic E-state index is -1.30. The van der Waals surface area contributed by atoms with Crippen molar-refractivity contribution < 1.29 is 18.0 Å². The van der Waals surface area contributed by atoms with Crippen molar-refractivity contribution in [1.82, 2.24) is 5.32 Å². The van der Waals surface area contributed by atoms with Crippen molar-refractivity contribution in [2.24, 2.45) is 0 Å². The normalized spacial score (nSPS) is 9.47. The van der Waals surface area contributed by atoms with Gasteiger partial charge in [-0.1, -0.05) is 0 Å². The van der Waals surface area contributed by atoms with Gasteiger partial charge >= 0.3 is 0 Å². The summed E-state index contributed by atoms with van der Waals surface area (Å²) in [6.45, 7) is -0.380. The molecular weight excluding hydrogens is 209 g/mol. The van der Waals surface area contributed by atoms with Crippen molar-refractivity contribution >= 4 is 5.91 Å². The Morgan fingerprint density at radius 2 is 1.87 bits per heavy atom. The first kappa shape index (κ1) is 11.0. The van der Waals surface area contributed by atoms with Gasteiger partial charge in [0, 0.05) is 12.1 Å². The van der Waals surface area contributed by atoms with Crippen molar-refractivity contribution in [3.05, 3.63) is 35.1 Å². The quantitative estimate of drug-likeness (QED) is 0.755. The van der Waals surface area contributed by atoms with E-state index < -0.39 is 28.9 Å². The van der Waals surface area contributed by atoms with E-state index in [1.807, 2.05) is 5.32 Å². The topological polar surface area (TPSA) is 52.9 Å². The van der Waals surface area contributed by atoms with Gasteiger partial charge < -0.3 is 5.32 Å². The molecule has 1 aromatic carbocycles. The molecule has 0 aromatic heterocycles. The molecule has 0 atom stereocenters. The molecule has 1 rings (SSSR count). The Morgan fingerprint density at radius 3 is 2.33 bits per heavy atom. The fourth-order valence-corrected chi connectivity index (χ4v) is 0.967. The number of nitriles is 1. The number of rotatable bonds is 2. The summed E-state index contributed by atoms with van der Waals surface area (Å²) in [7, 11) is 0. The molecule has 0 radical (unpaired) electrons. The molecule has 0 heterocycles. The number of hydrogen-bond donors (Lipinski definition) is 1. The van der Waals surface area contributed by atoms with Crippen LogP contribution >= 0.6 is 0 Å². The van der Waals surface area contributed by atoms with E-state index in [0.29, 0.717) is 12.1 Å². The fourth-order valence-electron chi connectivity index (χ4n) is 0.967. The second-order valence-corrected chi connectivity index (χ2v) is 2.59. The van der Waals surface area contributed by atoms with Crippen LogP contribution < -0.4 is 5.32 Å². The molecule has 0 aliphatic carbocycles. The van der Waals surface area contributed by atoms with Crippen molar-refractivity contribution in [3.63, 3.8) is 0 Å². The van der Waals surface area contributed by atoms with Crippen molar-refractivity contribution in [1.29, 1.82) is 5.26 Å². The number of amides is 1. The third-order valence-electron chi connectivity index (χ3n) is 1.56. The van der Waals surface area contributed by atoms with Crippen molar-refractivity contribution in [2.75, 3.05) is 6.54 Å². The molecule has 0 unspecified atom stereocenters. The summed E-state index contributed by atoms with van der Waals surface area (Å²) in [5.41, 5.74) is -0.897. The largest absolute Gasteiger partial charge is 0.339 e. The number of benzene rings is 1. The summed E-state index contributed by atoms with van der Waals surface area (Å²) in [4.78, 5) is 11.1. The molecule has 0 saturated carbocycles. The second-order valence-electron chi connectivity index (χ2n) is 2.59. The van der Waals surface area contributed by atoms with Crippen LogP contribution in [0.3, 0.4) is 0 Å². The zero-order valence-electron chi connectivity index (χ0n) is 7.35. The van der Waals surface area contributed by atoms with E-state index in [4.69, 9.17) is 5.26 Å². The lowest BCUT2D eigenvalue weighted by molar-refractivity contribution is 0.0950. The van der Waals surface area contributed by atoms with Crippen molar-refractivity contribution in [2.45, 2.75) is 0 Å². The van der Waals surface area contributed by atoms with E-state index in [1.54, 1.807) is 6.07 Å². The van der Waals surface area contributed by atoms with Gasteiger partial charge in [-0.15, -0.1) is 0 Å². The minimum Gasteiger partial charge on any atom is -0.339 e. The molecule has 3 nitrogen and oxygen atoms in total. The summed E-state index contributed by atoms with van der Waals surface area (Å²) >= 11 is 0. The van der Waals surface area contributed by atoms with Gasteiger partial charge in [-0.3, -0.25) is 4.79 Å². The molecule has 0 spiro atoms. The van der Waals surface area contributed by atoms with Crippen LogP contribution in [-0.4, -0.2) is 12.5 Å². The van der Waals surface area contributed by atoms with Crippen LogP contribution in [0.4, 0.5) is 13.2 Å². The maximum absolute atomic E-state index is 13.0. The maximum atomic E-state index is 13.0. The third kappa shape index (κ3) is 2.47. The monoisotopic (exact) mass is 214 g/mol. The van der Waals surface area contributed by atoms with Gasteiger partial charge in [-0.2, -0.15) is 5.26 Å². The predicted octanol–water partition coefficient (Wildman–Crippen LogP) is 1.36. The Kier molecular flexibility index (Phi) is 3.29. The predicted molar refractivity (Wildman–Crippen MR) is 44.3 cm³/mol. The molecule has 0 aliphatic heterocycles. The van der Waals surface area contributed by atoms with Crippen LogP contribution in [0.5, 0.6) is 0 Å². The highest BCUT2D eigenvalue weighted by Gasteiger charge is 2.18. The number of nitrogens with one attached hydrogen (secondary N) is 1. The van der Waals surface area contributed by atoms with Gasteiger partial charge in [-0.25, -0.2) is 13.2 Å². The first-order chi connectivity index (χ1) is 7.06. The van der Waals surface area contributed by atoms with Crippen LogP contribution in [0.1, 0.15) is 10.4 Å². The second kappa shape index (κ2) is 4.46. The average Bonchev–Trinajstić information content (AvgIpc) is 2.12. The first-order valence-electron chi connectivity index (χ1n) is 3.86. The summed E-state index contributed by atoms with van der Waals surface area (Å²) in [5.74, 6) is -4.81. The molecular formula is C9H5F3N2O. The van der Waals surface area contributed by atoms with Crippen LogP contribution in [0.15, 0.2) is 12.1 Å². The molecule has 1 N–H and O–H groups in total. The SMILES string of the molecule is N#CCNC(=O)c1c(F)cc(F)cc1F. The van der Waals surface area contributed by atoms with E-state index in [9.17, 15) is 18.0 Å². The van der Waals surface area contributed by atoms with Crippen LogP contribution in [-0.2, 0) is 0 Å². The highest BCUT2D eigenvalue weighted by atomic mass is 19.1. The van der Waals surface area contributed by atoms with Crippen LogP contribution in [0.2, 0.25) is 0 Å². The van der Waals surface area contributed by atoms with Crippen LogP contribution in [0.25, 0.3) is 0 Å². The molecule has 15 heavy (non-hydrogen) atoms. The highest BCUT2D eigenvalue weighted by molar-refractivity contribution is 5.94.